The predicted octanol–water partition coefficient (Wildman–Crippen LogP) is -3.11. The molecule has 3 aromatic rings. The Bertz CT molecular complexity index is 1190. The van der Waals surface area contributed by atoms with E-state index in [0.717, 1.165) is 12.1 Å². The summed E-state index contributed by atoms with van der Waals surface area (Å²) in [5.74, 6) is -0.443. The van der Waals surface area contributed by atoms with Crippen LogP contribution in [0.15, 0.2) is 68.6 Å². The van der Waals surface area contributed by atoms with Crippen molar-refractivity contribution in [1.82, 2.24) is 6.15 Å². The molecule has 190 valence electrons. The molecule has 0 heterocycles. The van der Waals surface area contributed by atoms with Crippen LogP contribution in [-0.2, 0) is 19.5 Å². The Labute approximate surface area is 302 Å². The van der Waals surface area contributed by atoms with Gasteiger partial charge in [-0.25, -0.2) is 8.42 Å². The third-order valence-corrected chi connectivity index (χ3v) is 5.04. The second kappa shape index (κ2) is 25.3. The van der Waals surface area contributed by atoms with Gasteiger partial charge in [-0.1, -0.05) is 33.1 Å². The summed E-state index contributed by atoms with van der Waals surface area (Å²) in [5, 5.41) is 32.3. The van der Waals surface area contributed by atoms with Crippen molar-refractivity contribution in [1.29, 1.82) is 0 Å². The van der Waals surface area contributed by atoms with E-state index in [4.69, 9.17) is 5.73 Å². The van der Waals surface area contributed by atoms with Crippen LogP contribution in [-0.4, -0.2) is 67.2 Å². The van der Waals surface area contributed by atoms with Gasteiger partial charge >= 0.3 is 103 Å². The molecule has 3 aromatic carbocycles. The summed E-state index contributed by atoms with van der Waals surface area (Å²) in [4.78, 5) is -0.507. The van der Waals surface area contributed by atoms with Crippen LogP contribution in [0.3, 0.4) is 0 Å². The van der Waals surface area contributed by atoms with Crippen molar-refractivity contribution < 1.29 is 98.7 Å². The number of nitrogens with zero attached hydrogens (tertiary/aromatic N) is 2. The first-order valence-corrected chi connectivity index (χ1v) is 18.6. The van der Waals surface area contributed by atoms with Gasteiger partial charge in [-0.3, -0.25) is 5.04 Å². The Morgan fingerprint density at radius 3 is 2.08 bits per heavy atom. The van der Waals surface area contributed by atoms with Crippen molar-refractivity contribution in [2.24, 2.45) is 10.2 Å². The van der Waals surface area contributed by atoms with E-state index in [2.05, 4.69) is 19.6 Å². The zero-order valence-corrected chi connectivity index (χ0v) is 30.1. The normalized spacial score (nSPS) is 9.35. The first kappa shape index (κ1) is 51.3. The quantitative estimate of drug-likeness (QED) is 0.0479. The molecule has 0 aliphatic carbocycles. The summed E-state index contributed by atoms with van der Waals surface area (Å²) in [6, 6.07) is 11.9. The number of hydrogen-bond acceptors (Lipinski definition) is 12. The Morgan fingerprint density at radius 2 is 1.59 bits per heavy atom. The number of hydrogen-bond donors (Lipinski definition) is 3. The van der Waals surface area contributed by atoms with Crippen LogP contribution in [0, 0.1) is 0 Å². The molecule has 0 radical (unpaired) electrons. The Morgan fingerprint density at radius 1 is 1.05 bits per heavy atom. The van der Waals surface area contributed by atoms with Crippen LogP contribution < -0.4 is 76.3 Å². The van der Waals surface area contributed by atoms with Gasteiger partial charge in [0, 0.05) is 12.5 Å². The summed E-state index contributed by atoms with van der Waals surface area (Å²) in [5.41, 5.74) is 6.07. The van der Waals surface area contributed by atoms with E-state index in [1.165, 1.54) is 49.7 Å². The topological polar surface area (TPSA) is 236 Å². The fraction of sp³-hybridized carbons (Fsp3) is 0.111. The zero-order chi connectivity index (χ0) is 22.3. The fourth-order valence-corrected chi connectivity index (χ4v) is 3.48. The molecule has 0 saturated carbocycles. The third kappa shape index (κ3) is 14.8. The molecule has 0 fully saturated rings. The molecular weight excluding hydrogens is 588 g/mol. The standard InChI is InChI=1S/C16H13N3O7S2.2CH4.H3N.4Na.H2O.H2S.H2/c17-12-8-11(28(22,23)24)6-9-7-13(27-26-25-21)15(16(20)14(9)12)19-18-10-4-2-1-3-5-10;;;;;;;;;;/h1-8,20-21H,17H2,(H,22,23,24);2*1H4;1H3;;;;;2*1H2;1H/q;;;;;;2*+1;;;/p-2. The van der Waals surface area contributed by atoms with Gasteiger partial charge in [0.2, 0.25) is 0 Å². The Hall–Kier alpha value is 1.53. The van der Waals surface area contributed by atoms with Crippen LogP contribution in [0.25, 0.3) is 10.8 Å². The minimum atomic E-state index is -4.78. The van der Waals surface area contributed by atoms with Crippen molar-refractivity contribution in [2.75, 3.05) is 5.73 Å². The van der Waals surface area contributed by atoms with Gasteiger partial charge < -0.3 is 32.3 Å². The molecule has 0 spiro atoms. The molecule has 0 saturated heterocycles. The predicted molar refractivity (Wildman–Crippen MR) is 143 cm³/mol. The SMILES string of the molecule is C.C.N.Nc1cc(S(=O)(=O)[O-])cc2cc(SOO[O-])c(N=Nc3ccccc3)c(O)c12.O.S.[HH].[Na+].[Na+].[Na][Na]. The van der Waals surface area contributed by atoms with Crippen molar-refractivity contribution in [3.63, 3.8) is 0 Å². The van der Waals surface area contributed by atoms with Crippen LogP contribution >= 0.6 is 25.5 Å². The Kier molecular flexibility index (Phi) is 35.0. The maximum absolute atomic E-state index is 11.3. The van der Waals surface area contributed by atoms with Gasteiger partial charge in [-0.2, -0.15) is 22.9 Å². The van der Waals surface area contributed by atoms with E-state index >= 15 is 0 Å². The molecule has 37 heavy (non-hydrogen) atoms. The molecular formula is C18H28N4Na4O8S3. The van der Waals surface area contributed by atoms with Gasteiger partial charge in [0.05, 0.1) is 27.5 Å². The number of phenols is 1. The number of nitrogens with two attached hydrogens (primary N) is 1. The molecule has 19 heteroatoms. The molecule has 0 atom stereocenters. The number of aromatic hydroxyl groups is 1. The summed E-state index contributed by atoms with van der Waals surface area (Å²) in [7, 11) is -4.78. The van der Waals surface area contributed by atoms with Crippen molar-refractivity contribution in [3.05, 3.63) is 48.5 Å². The number of nitrogen functional groups attached to an aromatic ring is 1. The molecule has 0 unspecified atom stereocenters. The number of fused-ring (bicyclic) bond motifs is 1. The summed E-state index contributed by atoms with van der Waals surface area (Å²) < 4.78 is 38.2. The third-order valence-electron chi connectivity index (χ3n) is 3.62. The maximum atomic E-state index is 11.3. The van der Waals surface area contributed by atoms with Gasteiger partial charge in [0.25, 0.3) is 0 Å². The van der Waals surface area contributed by atoms with Gasteiger partial charge in [-0.05, 0) is 35.7 Å². The monoisotopic (exact) mass is 616 g/mol. The zero-order valence-electron chi connectivity index (χ0n) is 19.5. The molecule has 0 aromatic heterocycles. The van der Waals surface area contributed by atoms with E-state index in [9.17, 15) is 23.3 Å². The Balaban J connectivity index is -0.000000188. The summed E-state index contributed by atoms with van der Waals surface area (Å²) in [6.07, 6.45) is 0. The van der Waals surface area contributed by atoms with E-state index in [-0.39, 0.29) is 128 Å². The van der Waals surface area contributed by atoms with Gasteiger partial charge in [-0.15, -0.1) is 5.11 Å². The molecule has 0 aliphatic rings. The van der Waals surface area contributed by atoms with E-state index in [1.807, 2.05) is 0 Å². The summed E-state index contributed by atoms with van der Waals surface area (Å²) in [6.45, 7) is 0. The average molecular weight is 617 g/mol. The second-order valence-corrected chi connectivity index (χ2v) is 7.51. The van der Waals surface area contributed by atoms with E-state index in [1.54, 1.807) is 30.3 Å². The first-order valence-electron chi connectivity index (χ1n) is 8.46. The van der Waals surface area contributed by atoms with Crippen LogP contribution in [0.1, 0.15) is 16.3 Å². The minimum absolute atomic E-state index is 0. The average Bonchev–Trinajstić information content (AvgIpc) is 2.72. The van der Waals surface area contributed by atoms with Crippen molar-refractivity contribution in [3.8, 4) is 5.75 Å². The van der Waals surface area contributed by atoms with Crippen LogP contribution in [0.4, 0.5) is 17.1 Å². The van der Waals surface area contributed by atoms with Crippen molar-refractivity contribution >= 4 is 107 Å². The number of phenolic OH excluding ortho intramolecular Hbond substituents is 1. The molecule has 8 N–H and O–H groups in total. The fourth-order valence-electron chi connectivity index (χ4n) is 2.45. The van der Waals surface area contributed by atoms with Gasteiger partial charge in [0.1, 0.15) is 15.8 Å². The molecule has 12 nitrogen and oxygen atoms in total. The summed E-state index contributed by atoms with van der Waals surface area (Å²) >= 11 is 3.30. The number of rotatable bonds is 6. The number of benzene rings is 3. The molecule has 0 amide bonds. The second-order valence-electron chi connectivity index (χ2n) is 5.39. The number of anilines is 1. The first-order chi connectivity index (χ1) is 14.3. The van der Waals surface area contributed by atoms with E-state index < -0.39 is 20.8 Å². The van der Waals surface area contributed by atoms with Crippen LogP contribution in [0.2, 0.25) is 0 Å². The molecule has 0 aliphatic heterocycles. The van der Waals surface area contributed by atoms with Gasteiger partial charge in [0.15, 0.2) is 5.75 Å². The molecule has 0 bridgehead atoms. The van der Waals surface area contributed by atoms with Crippen molar-refractivity contribution in [2.45, 2.75) is 24.6 Å². The van der Waals surface area contributed by atoms with Crippen LogP contribution in [0.5, 0.6) is 5.75 Å². The number of azo groups is 1. The van der Waals surface area contributed by atoms with E-state index in [0.29, 0.717) is 17.7 Å². The molecule has 3 rings (SSSR count).